The molecule has 1 aliphatic carbocycles. The van der Waals surface area contributed by atoms with Crippen LogP contribution in [0.1, 0.15) is 31.4 Å². The smallest absolute Gasteiger partial charge is 0.134 e. The van der Waals surface area contributed by atoms with Gasteiger partial charge in [-0.3, -0.25) is 0 Å². The predicted molar refractivity (Wildman–Crippen MR) is 50.3 cm³/mol. The minimum absolute atomic E-state index is 0.0341. The van der Waals surface area contributed by atoms with Gasteiger partial charge in [0.15, 0.2) is 0 Å². The third kappa shape index (κ3) is 1.58. The number of rotatable bonds is 3. The third-order valence-corrected chi connectivity index (χ3v) is 2.73. The first kappa shape index (κ1) is 8.69. The Kier molecular flexibility index (Phi) is 1.87. The topological polar surface area (TPSA) is 56.7 Å². The zero-order chi connectivity index (χ0) is 9.47. The van der Waals surface area contributed by atoms with Gasteiger partial charge in [-0.25, -0.2) is 0 Å². The lowest BCUT2D eigenvalue weighted by molar-refractivity contribution is 0.595. The summed E-state index contributed by atoms with van der Waals surface area (Å²) >= 11 is 0. The molecule has 4 nitrogen and oxygen atoms in total. The summed E-state index contributed by atoms with van der Waals surface area (Å²) in [5.74, 6) is 2.03. The van der Waals surface area contributed by atoms with Crippen LogP contribution in [0.5, 0.6) is 0 Å². The predicted octanol–water partition coefficient (Wildman–Crippen LogP) is 0.640. The van der Waals surface area contributed by atoms with E-state index in [1.165, 1.54) is 0 Å². The highest BCUT2D eigenvalue weighted by Crippen LogP contribution is 2.35. The van der Waals surface area contributed by atoms with Gasteiger partial charge in [-0.05, 0) is 26.7 Å². The zero-order valence-corrected chi connectivity index (χ0v) is 8.25. The van der Waals surface area contributed by atoms with Crippen molar-refractivity contribution in [1.82, 2.24) is 14.8 Å². The van der Waals surface area contributed by atoms with Gasteiger partial charge < -0.3 is 10.3 Å². The van der Waals surface area contributed by atoms with Crippen LogP contribution in [-0.4, -0.2) is 20.3 Å². The van der Waals surface area contributed by atoms with Crippen molar-refractivity contribution in [3.8, 4) is 0 Å². The van der Waals surface area contributed by atoms with E-state index in [2.05, 4.69) is 21.7 Å². The number of hydrogen-bond donors (Lipinski definition) is 1. The number of nitrogens with two attached hydrogens (primary N) is 1. The van der Waals surface area contributed by atoms with Gasteiger partial charge in [0.05, 0.1) is 0 Å². The van der Waals surface area contributed by atoms with E-state index < -0.39 is 0 Å². The molecule has 13 heavy (non-hydrogen) atoms. The Morgan fingerprint density at radius 3 is 2.69 bits per heavy atom. The molecule has 72 valence electrons. The highest BCUT2D eigenvalue weighted by molar-refractivity contribution is 5.08. The molecule has 0 aromatic carbocycles. The van der Waals surface area contributed by atoms with Crippen LogP contribution in [0.4, 0.5) is 0 Å². The van der Waals surface area contributed by atoms with Crippen molar-refractivity contribution in [2.45, 2.75) is 45.2 Å². The summed E-state index contributed by atoms with van der Waals surface area (Å²) < 4.78 is 2.13. The van der Waals surface area contributed by atoms with Crippen molar-refractivity contribution in [2.24, 2.45) is 5.73 Å². The van der Waals surface area contributed by atoms with Gasteiger partial charge in [-0.15, -0.1) is 10.2 Å². The normalized spacial score (nSPS) is 19.0. The Morgan fingerprint density at radius 1 is 1.46 bits per heavy atom. The minimum Gasteiger partial charge on any atom is -0.325 e. The summed E-state index contributed by atoms with van der Waals surface area (Å²) in [4.78, 5) is 0. The monoisotopic (exact) mass is 180 g/mol. The average molecular weight is 180 g/mol. The molecule has 0 amide bonds. The molecule has 0 atom stereocenters. The van der Waals surface area contributed by atoms with Gasteiger partial charge in [0.2, 0.25) is 0 Å². The van der Waals surface area contributed by atoms with Crippen LogP contribution in [0, 0.1) is 6.92 Å². The van der Waals surface area contributed by atoms with Gasteiger partial charge in [0, 0.05) is 18.5 Å². The maximum atomic E-state index is 6.03. The Morgan fingerprint density at radius 2 is 2.15 bits per heavy atom. The molecular weight excluding hydrogens is 164 g/mol. The molecule has 0 aliphatic heterocycles. The van der Waals surface area contributed by atoms with Crippen molar-refractivity contribution >= 4 is 0 Å². The summed E-state index contributed by atoms with van der Waals surface area (Å²) in [6.45, 7) is 5.02. The van der Waals surface area contributed by atoms with Crippen LogP contribution in [0.15, 0.2) is 0 Å². The van der Waals surface area contributed by atoms with Gasteiger partial charge >= 0.3 is 0 Å². The summed E-state index contributed by atoms with van der Waals surface area (Å²) in [5.41, 5.74) is 6.06. The molecule has 1 fully saturated rings. The van der Waals surface area contributed by atoms with E-state index in [1.807, 2.05) is 6.92 Å². The molecule has 1 aliphatic rings. The quantitative estimate of drug-likeness (QED) is 0.742. The van der Waals surface area contributed by atoms with Gasteiger partial charge in [0.1, 0.15) is 11.6 Å². The van der Waals surface area contributed by atoms with Gasteiger partial charge in [-0.1, -0.05) is 0 Å². The number of aryl methyl sites for hydroxylation is 1. The Labute approximate surface area is 78.1 Å². The molecular formula is C9H16N4. The third-order valence-electron chi connectivity index (χ3n) is 2.73. The summed E-state index contributed by atoms with van der Waals surface area (Å²) in [6.07, 6.45) is 3.13. The van der Waals surface area contributed by atoms with E-state index in [0.29, 0.717) is 0 Å². The lowest BCUT2D eigenvalue weighted by atomic mass is 10.2. The van der Waals surface area contributed by atoms with Crippen molar-refractivity contribution in [1.29, 1.82) is 0 Å². The first-order chi connectivity index (χ1) is 6.14. The van der Waals surface area contributed by atoms with E-state index in [-0.39, 0.29) is 5.54 Å². The Hall–Kier alpha value is -0.900. The Balaban J connectivity index is 2.19. The molecule has 1 aromatic heterocycles. The maximum absolute atomic E-state index is 6.03. The van der Waals surface area contributed by atoms with Crippen molar-refractivity contribution in [3.63, 3.8) is 0 Å². The lowest BCUT2D eigenvalue weighted by Crippen LogP contribution is -2.26. The fourth-order valence-electron chi connectivity index (χ4n) is 1.62. The Bertz CT molecular complexity index is 311. The van der Waals surface area contributed by atoms with Crippen LogP contribution < -0.4 is 5.73 Å². The highest BCUT2D eigenvalue weighted by atomic mass is 15.3. The molecule has 2 rings (SSSR count). The lowest BCUT2D eigenvalue weighted by Gasteiger charge is -2.09. The molecule has 0 unspecified atom stereocenters. The molecule has 0 saturated heterocycles. The molecule has 0 radical (unpaired) electrons. The SMILES string of the molecule is CCn1c(C)nnc1CC1(N)CC1. The first-order valence-corrected chi connectivity index (χ1v) is 4.82. The number of hydrogen-bond acceptors (Lipinski definition) is 3. The second-order valence-corrected chi connectivity index (χ2v) is 3.95. The number of aromatic nitrogens is 3. The molecule has 4 heteroatoms. The van der Waals surface area contributed by atoms with Crippen molar-refractivity contribution in [2.75, 3.05) is 0 Å². The average Bonchev–Trinajstić information content (AvgIpc) is 2.70. The first-order valence-electron chi connectivity index (χ1n) is 4.82. The molecule has 2 N–H and O–H groups in total. The van der Waals surface area contributed by atoms with Crippen molar-refractivity contribution < 1.29 is 0 Å². The molecule has 1 saturated carbocycles. The van der Waals surface area contributed by atoms with Crippen molar-refractivity contribution in [3.05, 3.63) is 11.6 Å². The second kappa shape index (κ2) is 2.80. The molecule has 0 spiro atoms. The second-order valence-electron chi connectivity index (χ2n) is 3.95. The highest BCUT2D eigenvalue weighted by Gasteiger charge is 2.39. The van der Waals surface area contributed by atoms with Crippen LogP contribution in [-0.2, 0) is 13.0 Å². The van der Waals surface area contributed by atoms with E-state index in [9.17, 15) is 0 Å². The number of nitrogens with zero attached hydrogens (tertiary/aromatic N) is 3. The minimum atomic E-state index is 0.0341. The van der Waals surface area contributed by atoms with E-state index in [4.69, 9.17) is 5.73 Å². The molecule has 0 bridgehead atoms. The maximum Gasteiger partial charge on any atom is 0.134 e. The van der Waals surface area contributed by atoms with Crippen LogP contribution >= 0.6 is 0 Å². The standard InChI is InChI=1S/C9H16N4/c1-3-13-7(2)11-12-8(13)6-9(10)4-5-9/h3-6,10H2,1-2H3. The molecule has 1 aromatic rings. The van der Waals surface area contributed by atoms with Gasteiger partial charge in [-0.2, -0.15) is 0 Å². The summed E-state index contributed by atoms with van der Waals surface area (Å²) in [7, 11) is 0. The van der Waals surface area contributed by atoms with Crippen LogP contribution in [0.25, 0.3) is 0 Å². The molecule has 1 heterocycles. The largest absolute Gasteiger partial charge is 0.325 e. The van der Waals surface area contributed by atoms with Crippen LogP contribution in [0.2, 0.25) is 0 Å². The summed E-state index contributed by atoms with van der Waals surface area (Å²) in [6, 6.07) is 0. The zero-order valence-electron chi connectivity index (χ0n) is 8.25. The van der Waals surface area contributed by atoms with E-state index in [1.54, 1.807) is 0 Å². The van der Waals surface area contributed by atoms with E-state index >= 15 is 0 Å². The fraction of sp³-hybridized carbons (Fsp3) is 0.778. The van der Waals surface area contributed by atoms with E-state index in [0.717, 1.165) is 37.5 Å². The fourth-order valence-corrected chi connectivity index (χ4v) is 1.62. The van der Waals surface area contributed by atoms with Crippen LogP contribution in [0.3, 0.4) is 0 Å². The summed E-state index contributed by atoms with van der Waals surface area (Å²) in [5, 5.41) is 8.20. The van der Waals surface area contributed by atoms with Gasteiger partial charge in [0.25, 0.3) is 0 Å².